The topological polar surface area (TPSA) is 56.1 Å². The maximum Gasteiger partial charge on any atom is 0.405 e. The van der Waals surface area contributed by atoms with Crippen molar-refractivity contribution in [2.75, 3.05) is 19.6 Å². The van der Waals surface area contributed by atoms with Crippen molar-refractivity contribution in [3.05, 3.63) is 0 Å². The van der Waals surface area contributed by atoms with E-state index in [9.17, 15) is 18.0 Å². The number of nitriles is 1. The van der Waals surface area contributed by atoms with Crippen molar-refractivity contribution in [3.63, 3.8) is 0 Å². The number of alkyl halides is 3. The highest BCUT2D eigenvalue weighted by molar-refractivity contribution is 5.78. The zero-order valence-electron chi connectivity index (χ0n) is 9.14. The summed E-state index contributed by atoms with van der Waals surface area (Å²) < 4.78 is 35.3. The number of hydrogen-bond acceptors (Lipinski definition) is 3. The Bertz CT molecular complexity index is 270. The molecule has 0 radical (unpaired) electrons. The molecule has 0 atom stereocenters. The van der Waals surface area contributed by atoms with Crippen LogP contribution in [0.15, 0.2) is 0 Å². The molecule has 0 aliphatic heterocycles. The smallest absolute Gasteiger partial charge is 0.346 e. The van der Waals surface area contributed by atoms with Gasteiger partial charge in [-0.1, -0.05) is 0 Å². The number of nitrogens with zero attached hydrogens (tertiary/aromatic N) is 2. The molecular weight excluding hydrogens is 223 g/mol. The predicted octanol–water partition coefficient (Wildman–Crippen LogP) is 0.899. The predicted molar refractivity (Wildman–Crippen MR) is 51.4 cm³/mol. The monoisotopic (exact) mass is 237 g/mol. The van der Waals surface area contributed by atoms with Gasteiger partial charge in [-0.3, -0.25) is 9.69 Å². The molecule has 0 bridgehead atoms. The summed E-state index contributed by atoms with van der Waals surface area (Å²) in [4.78, 5) is 12.6. The van der Waals surface area contributed by atoms with Crippen LogP contribution in [0, 0.1) is 11.3 Å². The molecule has 16 heavy (non-hydrogen) atoms. The van der Waals surface area contributed by atoms with Crippen LogP contribution in [0.25, 0.3) is 0 Å². The van der Waals surface area contributed by atoms with E-state index >= 15 is 0 Å². The summed E-state index contributed by atoms with van der Waals surface area (Å²) in [7, 11) is 0. The number of carbonyl (C=O) groups excluding carboxylic acids is 1. The lowest BCUT2D eigenvalue weighted by molar-refractivity contribution is -0.139. The maximum absolute atomic E-state index is 11.8. The van der Waals surface area contributed by atoms with Gasteiger partial charge >= 0.3 is 6.18 Å². The second-order valence-corrected chi connectivity index (χ2v) is 3.55. The number of carbonyl (C=O) groups is 1. The molecule has 0 saturated carbocycles. The normalized spacial score (nSPS) is 11.6. The van der Waals surface area contributed by atoms with Crippen molar-refractivity contribution in [2.24, 2.45) is 0 Å². The minimum atomic E-state index is -4.41. The standard InChI is InChI=1S/C9H14F3N3O/c1-7(2)15(4-3-13)5-8(16)14-6-9(10,11)12/h7H,4-6H2,1-2H3,(H,14,16). The van der Waals surface area contributed by atoms with Crippen LogP contribution in [-0.4, -0.2) is 42.7 Å². The molecule has 0 aliphatic rings. The van der Waals surface area contributed by atoms with Crippen molar-refractivity contribution in [1.82, 2.24) is 10.2 Å². The Hall–Kier alpha value is -1.29. The lowest BCUT2D eigenvalue weighted by Crippen LogP contribution is -2.43. The zero-order chi connectivity index (χ0) is 12.8. The van der Waals surface area contributed by atoms with Gasteiger partial charge in [0.15, 0.2) is 0 Å². The SMILES string of the molecule is CC(C)N(CC#N)CC(=O)NCC(F)(F)F. The fourth-order valence-electron chi connectivity index (χ4n) is 0.951. The molecule has 4 nitrogen and oxygen atoms in total. The van der Waals surface area contributed by atoms with Gasteiger partial charge in [-0.2, -0.15) is 18.4 Å². The van der Waals surface area contributed by atoms with E-state index in [1.165, 1.54) is 4.90 Å². The first-order chi connectivity index (χ1) is 7.26. The molecule has 0 spiro atoms. The van der Waals surface area contributed by atoms with Gasteiger partial charge in [0.05, 0.1) is 19.2 Å². The van der Waals surface area contributed by atoms with E-state index in [2.05, 4.69) is 0 Å². The van der Waals surface area contributed by atoms with E-state index in [1.54, 1.807) is 19.2 Å². The van der Waals surface area contributed by atoms with Crippen molar-refractivity contribution in [2.45, 2.75) is 26.1 Å². The summed E-state index contributed by atoms with van der Waals surface area (Å²) in [6, 6.07) is 1.78. The van der Waals surface area contributed by atoms with Crippen LogP contribution >= 0.6 is 0 Å². The third-order valence-corrected chi connectivity index (χ3v) is 1.84. The number of nitrogens with one attached hydrogen (secondary N) is 1. The van der Waals surface area contributed by atoms with Gasteiger partial charge in [-0.05, 0) is 13.8 Å². The Morgan fingerprint density at radius 3 is 2.44 bits per heavy atom. The van der Waals surface area contributed by atoms with Gasteiger partial charge in [-0.15, -0.1) is 0 Å². The maximum atomic E-state index is 11.8. The molecule has 0 aromatic heterocycles. The molecule has 0 fully saturated rings. The molecule has 1 amide bonds. The van der Waals surface area contributed by atoms with Crippen LogP contribution in [-0.2, 0) is 4.79 Å². The minimum absolute atomic E-state index is 0.0110. The Morgan fingerprint density at radius 1 is 1.50 bits per heavy atom. The van der Waals surface area contributed by atoms with E-state index in [-0.39, 0.29) is 19.1 Å². The number of amides is 1. The van der Waals surface area contributed by atoms with Crippen LogP contribution in [0.2, 0.25) is 0 Å². The van der Waals surface area contributed by atoms with Gasteiger partial charge in [-0.25, -0.2) is 0 Å². The summed E-state index contributed by atoms with van der Waals surface area (Å²) in [6.45, 7) is 1.98. The molecule has 92 valence electrons. The van der Waals surface area contributed by atoms with E-state index in [1.807, 2.05) is 6.07 Å². The van der Waals surface area contributed by atoms with E-state index in [0.29, 0.717) is 0 Å². The molecule has 1 N–H and O–H groups in total. The Kier molecular flexibility index (Phi) is 5.82. The highest BCUT2D eigenvalue weighted by Gasteiger charge is 2.28. The van der Waals surface area contributed by atoms with Crippen LogP contribution in [0.5, 0.6) is 0 Å². The van der Waals surface area contributed by atoms with Crippen molar-refractivity contribution >= 4 is 5.91 Å². The minimum Gasteiger partial charge on any atom is -0.346 e. The molecule has 0 heterocycles. The van der Waals surface area contributed by atoms with Crippen molar-refractivity contribution in [1.29, 1.82) is 5.26 Å². The molecule has 0 aromatic rings. The van der Waals surface area contributed by atoms with Crippen LogP contribution in [0.3, 0.4) is 0 Å². The fraction of sp³-hybridized carbons (Fsp3) is 0.778. The molecule has 0 aliphatic carbocycles. The van der Waals surface area contributed by atoms with Crippen LogP contribution < -0.4 is 5.32 Å². The first-order valence-electron chi connectivity index (χ1n) is 4.70. The third-order valence-electron chi connectivity index (χ3n) is 1.84. The van der Waals surface area contributed by atoms with Gasteiger partial charge in [0.25, 0.3) is 0 Å². The highest BCUT2D eigenvalue weighted by Crippen LogP contribution is 2.12. The molecule has 0 aromatic carbocycles. The largest absolute Gasteiger partial charge is 0.405 e. The van der Waals surface area contributed by atoms with E-state index < -0.39 is 18.6 Å². The van der Waals surface area contributed by atoms with Gasteiger partial charge in [0.1, 0.15) is 6.54 Å². The second kappa shape index (κ2) is 6.33. The second-order valence-electron chi connectivity index (χ2n) is 3.55. The summed E-state index contributed by atoms with van der Waals surface area (Å²) in [5, 5.41) is 10.2. The van der Waals surface area contributed by atoms with Crippen molar-refractivity contribution < 1.29 is 18.0 Å². The first kappa shape index (κ1) is 14.7. The highest BCUT2D eigenvalue weighted by atomic mass is 19.4. The first-order valence-corrected chi connectivity index (χ1v) is 4.70. The number of halogens is 3. The third kappa shape index (κ3) is 7.06. The van der Waals surface area contributed by atoms with Crippen LogP contribution in [0.1, 0.15) is 13.8 Å². The summed E-state index contributed by atoms with van der Waals surface area (Å²) in [5.74, 6) is -0.735. The summed E-state index contributed by atoms with van der Waals surface area (Å²) in [6.07, 6.45) is -4.41. The number of rotatable bonds is 5. The quantitative estimate of drug-likeness (QED) is 0.723. The zero-order valence-corrected chi connectivity index (χ0v) is 9.14. The van der Waals surface area contributed by atoms with Crippen molar-refractivity contribution in [3.8, 4) is 6.07 Å². The lowest BCUT2D eigenvalue weighted by atomic mass is 10.3. The van der Waals surface area contributed by atoms with Crippen LogP contribution in [0.4, 0.5) is 13.2 Å². The molecular formula is C9H14F3N3O. The molecule has 0 rings (SSSR count). The average molecular weight is 237 g/mol. The summed E-state index contributed by atoms with van der Waals surface area (Å²) >= 11 is 0. The Labute approximate surface area is 92.0 Å². The lowest BCUT2D eigenvalue weighted by Gasteiger charge is -2.22. The van der Waals surface area contributed by atoms with Gasteiger partial charge in [0, 0.05) is 6.04 Å². The molecule has 0 unspecified atom stereocenters. The number of hydrogen-bond donors (Lipinski definition) is 1. The Morgan fingerprint density at radius 2 is 2.06 bits per heavy atom. The molecule has 0 saturated heterocycles. The summed E-state index contributed by atoms with van der Waals surface area (Å²) in [5.41, 5.74) is 0. The fourth-order valence-corrected chi connectivity index (χ4v) is 0.951. The average Bonchev–Trinajstić information content (AvgIpc) is 2.13. The Balaban J connectivity index is 4.07. The van der Waals surface area contributed by atoms with Gasteiger partial charge in [0.2, 0.25) is 5.91 Å². The van der Waals surface area contributed by atoms with E-state index in [0.717, 1.165) is 0 Å². The molecule has 7 heteroatoms. The van der Waals surface area contributed by atoms with Gasteiger partial charge < -0.3 is 5.32 Å². The van der Waals surface area contributed by atoms with E-state index in [4.69, 9.17) is 5.26 Å².